The van der Waals surface area contributed by atoms with Gasteiger partial charge in [0, 0.05) is 13.2 Å². The smallest absolute Gasteiger partial charge is 0.336 e. The highest BCUT2D eigenvalue weighted by atomic mass is 127. The summed E-state index contributed by atoms with van der Waals surface area (Å²) >= 11 is 2.11. The van der Waals surface area contributed by atoms with E-state index in [9.17, 15) is 4.79 Å². The maximum absolute atomic E-state index is 10.8. The Morgan fingerprint density at radius 1 is 1.75 bits per heavy atom. The maximum atomic E-state index is 10.8. The van der Waals surface area contributed by atoms with E-state index in [1.54, 1.807) is 7.11 Å². The maximum Gasteiger partial charge on any atom is 0.336 e. The lowest BCUT2D eigenvalue weighted by molar-refractivity contribution is -0.132. The molecule has 0 radical (unpaired) electrons. The quantitative estimate of drug-likeness (QED) is 0.571. The number of carbonyl (C=O) groups excluding carboxylic acids is 1. The number of allylic oxidation sites excluding steroid dienone is 1. The molecule has 0 aromatic carbocycles. The van der Waals surface area contributed by atoms with Crippen molar-refractivity contribution in [2.75, 3.05) is 13.7 Å². The predicted molar refractivity (Wildman–Crippen MR) is 52.8 cm³/mol. The van der Waals surface area contributed by atoms with Gasteiger partial charge in [-0.05, 0) is 35.1 Å². The lowest BCUT2D eigenvalue weighted by atomic mass is 10.2. The first kappa shape index (κ1) is 9.73. The molecule has 0 N–H and O–H groups in total. The van der Waals surface area contributed by atoms with Crippen LogP contribution < -0.4 is 0 Å². The van der Waals surface area contributed by atoms with Gasteiger partial charge in [0.05, 0.1) is 10.2 Å². The van der Waals surface area contributed by atoms with Crippen LogP contribution in [0.1, 0.15) is 6.92 Å². The van der Waals surface area contributed by atoms with Gasteiger partial charge in [-0.3, -0.25) is 0 Å². The van der Waals surface area contributed by atoms with E-state index in [-0.39, 0.29) is 5.97 Å². The summed E-state index contributed by atoms with van der Waals surface area (Å²) < 4.78 is 10.8. The summed E-state index contributed by atoms with van der Waals surface area (Å²) in [5, 5.41) is 0. The summed E-state index contributed by atoms with van der Waals surface area (Å²) in [4.78, 5) is 10.8. The van der Waals surface area contributed by atoms with Crippen molar-refractivity contribution in [2.45, 2.75) is 6.92 Å². The fraction of sp³-hybridized carbons (Fsp3) is 0.375. The van der Waals surface area contributed by atoms with Crippen molar-refractivity contribution in [3.05, 3.63) is 21.0 Å². The number of hydrogen-bond donors (Lipinski definition) is 0. The molecule has 0 bridgehead atoms. The molecule has 1 heterocycles. The topological polar surface area (TPSA) is 35.5 Å². The van der Waals surface area contributed by atoms with Crippen molar-refractivity contribution in [2.24, 2.45) is 0 Å². The lowest BCUT2D eigenvalue weighted by Crippen LogP contribution is -1.97. The Hall–Kier alpha value is -0.360. The molecule has 0 spiro atoms. The highest BCUT2D eigenvalue weighted by molar-refractivity contribution is 14.1. The van der Waals surface area contributed by atoms with E-state index in [0.29, 0.717) is 12.4 Å². The SMILES string of the molecule is COC/C(I)=C1\OC(=O)C=C1C. The van der Waals surface area contributed by atoms with Crippen molar-refractivity contribution in [1.82, 2.24) is 0 Å². The van der Waals surface area contributed by atoms with Crippen LogP contribution in [-0.4, -0.2) is 19.7 Å². The van der Waals surface area contributed by atoms with Gasteiger partial charge in [0.25, 0.3) is 0 Å². The van der Waals surface area contributed by atoms with Crippen LogP contribution in [0.4, 0.5) is 0 Å². The van der Waals surface area contributed by atoms with Gasteiger partial charge in [0.15, 0.2) is 0 Å². The number of hydrogen-bond acceptors (Lipinski definition) is 3. The number of carbonyl (C=O) groups is 1. The first-order chi connectivity index (χ1) is 5.65. The number of rotatable bonds is 2. The zero-order valence-electron chi connectivity index (χ0n) is 6.89. The molecule has 0 saturated carbocycles. The van der Waals surface area contributed by atoms with E-state index in [1.807, 2.05) is 6.92 Å². The van der Waals surface area contributed by atoms with Gasteiger partial charge < -0.3 is 9.47 Å². The van der Waals surface area contributed by atoms with Crippen molar-refractivity contribution in [1.29, 1.82) is 0 Å². The number of halogens is 1. The van der Waals surface area contributed by atoms with Gasteiger partial charge >= 0.3 is 5.97 Å². The molecule has 1 aliphatic rings. The van der Waals surface area contributed by atoms with E-state index >= 15 is 0 Å². The van der Waals surface area contributed by atoms with Gasteiger partial charge in [0.2, 0.25) is 0 Å². The largest absolute Gasteiger partial charge is 0.422 e. The minimum atomic E-state index is -0.298. The van der Waals surface area contributed by atoms with Gasteiger partial charge in [-0.2, -0.15) is 0 Å². The van der Waals surface area contributed by atoms with Crippen LogP contribution in [0.5, 0.6) is 0 Å². The Bertz CT molecular complexity index is 265. The molecular formula is C8H9IO3. The van der Waals surface area contributed by atoms with Crippen LogP contribution in [0.3, 0.4) is 0 Å². The number of cyclic esters (lactones) is 1. The second-order valence-corrected chi connectivity index (χ2v) is 3.72. The molecule has 4 heteroatoms. The molecule has 0 aromatic rings. The molecule has 0 aromatic heterocycles. The van der Waals surface area contributed by atoms with E-state index in [2.05, 4.69) is 22.6 Å². The third-order valence-electron chi connectivity index (χ3n) is 1.41. The molecule has 66 valence electrons. The number of ether oxygens (including phenoxy) is 2. The van der Waals surface area contributed by atoms with Gasteiger partial charge in [0.1, 0.15) is 5.76 Å². The molecule has 0 saturated heterocycles. The summed E-state index contributed by atoms with van der Waals surface area (Å²) in [5.74, 6) is 0.343. The molecule has 0 amide bonds. The fourth-order valence-electron chi connectivity index (χ4n) is 0.914. The molecule has 12 heavy (non-hydrogen) atoms. The van der Waals surface area contributed by atoms with Gasteiger partial charge in [-0.15, -0.1) is 0 Å². The zero-order chi connectivity index (χ0) is 9.14. The molecule has 0 atom stereocenters. The fourth-order valence-corrected chi connectivity index (χ4v) is 1.76. The monoisotopic (exact) mass is 280 g/mol. The first-order valence-corrected chi connectivity index (χ1v) is 4.51. The minimum absolute atomic E-state index is 0.298. The molecule has 1 rings (SSSR count). The van der Waals surface area contributed by atoms with Crippen LogP contribution in [0.25, 0.3) is 0 Å². The molecule has 3 nitrogen and oxygen atoms in total. The summed E-state index contributed by atoms with van der Waals surface area (Å²) in [7, 11) is 1.61. The molecular weight excluding hydrogens is 271 g/mol. The summed E-state index contributed by atoms with van der Waals surface area (Å²) in [6.45, 7) is 2.32. The van der Waals surface area contributed by atoms with Gasteiger partial charge in [-0.1, -0.05) is 0 Å². The highest BCUT2D eigenvalue weighted by Gasteiger charge is 2.19. The van der Waals surface area contributed by atoms with E-state index < -0.39 is 0 Å². The summed E-state index contributed by atoms with van der Waals surface area (Å²) in [5.41, 5.74) is 0.862. The van der Waals surface area contributed by atoms with E-state index in [0.717, 1.165) is 9.15 Å². The second kappa shape index (κ2) is 4.04. The van der Waals surface area contributed by atoms with E-state index in [1.165, 1.54) is 6.08 Å². The van der Waals surface area contributed by atoms with Crippen molar-refractivity contribution in [3.63, 3.8) is 0 Å². The molecule has 0 fully saturated rings. The normalized spacial score (nSPS) is 20.6. The third kappa shape index (κ3) is 2.07. The predicted octanol–water partition coefficient (Wildman–Crippen LogP) is 1.78. The number of esters is 1. The van der Waals surface area contributed by atoms with Crippen LogP contribution >= 0.6 is 22.6 Å². The van der Waals surface area contributed by atoms with Crippen LogP contribution in [-0.2, 0) is 14.3 Å². The average molecular weight is 280 g/mol. The standard InChI is InChI=1S/C8H9IO3/c1-5-3-7(10)12-8(5)6(9)4-11-2/h3H,4H2,1-2H3/b8-6+. The Balaban J connectivity index is 2.83. The molecule has 0 aliphatic carbocycles. The van der Waals surface area contributed by atoms with Crippen molar-refractivity contribution < 1.29 is 14.3 Å². The van der Waals surface area contributed by atoms with Crippen LogP contribution in [0.15, 0.2) is 21.0 Å². The number of methoxy groups -OCH3 is 1. The van der Waals surface area contributed by atoms with Crippen molar-refractivity contribution in [3.8, 4) is 0 Å². The van der Waals surface area contributed by atoms with Crippen LogP contribution in [0, 0.1) is 0 Å². The highest BCUT2D eigenvalue weighted by Crippen LogP contribution is 2.26. The zero-order valence-corrected chi connectivity index (χ0v) is 9.04. The minimum Gasteiger partial charge on any atom is -0.422 e. The van der Waals surface area contributed by atoms with Crippen LogP contribution in [0.2, 0.25) is 0 Å². The lowest BCUT2D eigenvalue weighted by Gasteiger charge is -2.03. The first-order valence-electron chi connectivity index (χ1n) is 3.43. The average Bonchev–Trinajstić information content (AvgIpc) is 2.30. The third-order valence-corrected chi connectivity index (χ3v) is 2.21. The van der Waals surface area contributed by atoms with Crippen molar-refractivity contribution >= 4 is 28.6 Å². The van der Waals surface area contributed by atoms with E-state index in [4.69, 9.17) is 9.47 Å². The summed E-state index contributed by atoms with van der Waals surface area (Å²) in [6, 6.07) is 0. The Morgan fingerprint density at radius 3 is 2.83 bits per heavy atom. The summed E-state index contributed by atoms with van der Waals surface area (Å²) in [6.07, 6.45) is 1.48. The Kier molecular flexibility index (Phi) is 3.28. The molecule has 1 aliphatic heterocycles. The Labute approximate surface area is 84.6 Å². The molecule has 0 unspecified atom stereocenters. The Morgan fingerprint density at radius 2 is 2.42 bits per heavy atom. The van der Waals surface area contributed by atoms with Gasteiger partial charge in [-0.25, -0.2) is 4.79 Å². The second-order valence-electron chi connectivity index (χ2n) is 2.42.